The minimum absolute atomic E-state index is 0.0125. The van der Waals surface area contributed by atoms with E-state index >= 15 is 0 Å². The first kappa shape index (κ1) is 16.6. The van der Waals surface area contributed by atoms with Gasteiger partial charge in [-0.1, -0.05) is 6.07 Å². The topological polar surface area (TPSA) is 76.6 Å². The van der Waals surface area contributed by atoms with E-state index in [0.29, 0.717) is 5.69 Å². The summed E-state index contributed by atoms with van der Waals surface area (Å²) in [6.07, 6.45) is 1.53. The highest BCUT2D eigenvalue weighted by Gasteiger charge is 2.35. The molecule has 0 fully saturated rings. The van der Waals surface area contributed by atoms with Crippen LogP contribution in [0.25, 0.3) is 0 Å². The maximum Gasteiger partial charge on any atom is 0.307 e. The number of methoxy groups -OCH3 is 1. The van der Waals surface area contributed by atoms with Crippen LogP contribution in [0.15, 0.2) is 24.4 Å². The van der Waals surface area contributed by atoms with Crippen molar-refractivity contribution in [2.24, 2.45) is 0 Å². The Bertz CT molecular complexity index is 555. The summed E-state index contributed by atoms with van der Waals surface area (Å²) in [6.45, 7) is 3.36. The minimum atomic E-state index is -3.56. The van der Waals surface area contributed by atoms with E-state index in [1.807, 2.05) is 0 Å². The monoisotopic (exact) mass is 300 g/mol. The molecule has 0 N–H and O–H groups in total. The molecule has 1 rings (SSSR count). The van der Waals surface area contributed by atoms with Crippen molar-refractivity contribution in [1.29, 1.82) is 0 Å². The third-order valence-electron chi connectivity index (χ3n) is 3.13. The quantitative estimate of drug-likeness (QED) is 0.737. The fourth-order valence-corrected chi connectivity index (χ4v) is 3.24. The average molecular weight is 300 g/mol. The maximum absolute atomic E-state index is 12.4. The highest BCUT2D eigenvalue weighted by atomic mass is 32.2. The largest absolute Gasteiger partial charge is 0.469 e. The fraction of sp³-hybridized carbons (Fsp3) is 0.538. The molecule has 7 heteroatoms. The van der Waals surface area contributed by atoms with Crippen LogP contribution in [-0.4, -0.2) is 43.4 Å². The van der Waals surface area contributed by atoms with E-state index in [0.717, 1.165) is 0 Å². The van der Waals surface area contributed by atoms with Crippen LogP contribution in [0.4, 0.5) is 0 Å². The first-order chi connectivity index (χ1) is 9.19. The fourth-order valence-electron chi connectivity index (χ4n) is 1.68. The zero-order valence-corrected chi connectivity index (χ0v) is 13.0. The highest BCUT2D eigenvalue weighted by Crippen LogP contribution is 2.23. The predicted molar refractivity (Wildman–Crippen MR) is 75.3 cm³/mol. The Morgan fingerprint density at radius 3 is 2.55 bits per heavy atom. The number of rotatable bonds is 6. The molecule has 0 saturated carbocycles. The van der Waals surface area contributed by atoms with Gasteiger partial charge in [0.2, 0.25) is 10.0 Å². The van der Waals surface area contributed by atoms with Crippen molar-refractivity contribution < 1.29 is 17.9 Å². The zero-order valence-electron chi connectivity index (χ0n) is 12.2. The molecule has 0 aliphatic carbocycles. The van der Waals surface area contributed by atoms with E-state index in [1.165, 1.54) is 18.5 Å². The van der Waals surface area contributed by atoms with Crippen LogP contribution < -0.4 is 0 Å². The molecule has 1 aromatic heterocycles. The Labute approximate surface area is 119 Å². The first-order valence-corrected chi connectivity index (χ1v) is 7.73. The molecule has 0 atom stereocenters. The number of aromatic nitrogens is 1. The molecule has 0 bridgehead atoms. The van der Waals surface area contributed by atoms with E-state index in [-0.39, 0.29) is 12.2 Å². The second-order valence-corrected chi connectivity index (χ2v) is 7.11. The molecule has 0 unspecified atom stereocenters. The summed E-state index contributed by atoms with van der Waals surface area (Å²) >= 11 is 0. The van der Waals surface area contributed by atoms with Gasteiger partial charge in [-0.15, -0.1) is 0 Å². The van der Waals surface area contributed by atoms with Gasteiger partial charge in [0.05, 0.1) is 19.2 Å². The van der Waals surface area contributed by atoms with Gasteiger partial charge in [0.25, 0.3) is 0 Å². The summed E-state index contributed by atoms with van der Waals surface area (Å²) in [5.41, 5.74) is -0.394. The second-order valence-electron chi connectivity index (χ2n) is 5.11. The summed E-state index contributed by atoms with van der Waals surface area (Å²) in [7, 11) is -0.824. The van der Waals surface area contributed by atoms with Crippen molar-refractivity contribution in [3.8, 4) is 0 Å². The van der Waals surface area contributed by atoms with Crippen LogP contribution in [0.5, 0.6) is 0 Å². The molecule has 0 spiro atoms. The van der Waals surface area contributed by atoms with Crippen LogP contribution in [0, 0.1) is 0 Å². The first-order valence-electron chi connectivity index (χ1n) is 6.12. The number of sulfonamides is 1. The number of pyridine rings is 1. The number of carbonyl (C=O) groups is 1. The number of esters is 1. The van der Waals surface area contributed by atoms with E-state index < -0.39 is 21.5 Å². The number of ether oxygens (including phenoxy) is 1. The Kier molecular flexibility index (Phi) is 5.24. The highest BCUT2D eigenvalue weighted by molar-refractivity contribution is 7.88. The van der Waals surface area contributed by atoms with Crippen molar-refractivity contribution in [1.82, 2.24) is 9.29 Å². The molecule has 0 radical (unpaired) electrons. The van der Waals surface area contributed by atoms with Gasteiger partial charge in [0.15, 0.2) is 0 Å². The lowest BCUT2D eigenvalue weighted by Gasteiger charge is -2.33. The molecule has 1 aromatic rings. The molecule has 0 saturated heterocycles. The molecule has 0 aliphatic heterocycles. The Morgan fingerprint density at radius 1 is 1.40 bits per heavy atom. The van der Waals surface area contributed by atoms with Crippen molar-refractivity contribution in [3.05, 3.63) is 30.1 Å². The van der Waals surface area contributed by atoms with Crippen LogP contribution in [0.1, 0.15) is 26.0 Å². The Morgan fingerprint density at radius 2 is 2.05 bits per heavy atom. The van der Waals surface area contributed by atoms with E-state index in [9.17, 15) is 13.2 Å². The third kappa shape index (κ3) is 4.28. The summed E-state index contributed by atoms with van der Waals surface area (Å²) in [5.74, 6) is -0.649. The Hall–Kier alpha value is -1.47. The molecule has 20 heavy (non-hydrogen) atoms. The lowest BCUT2D eigenvalue weighted by molar-refractivity contribution is -0.142. The molecule has 0 amide bonds. The average Bonchev–Trinajstić information content (AvgIpc) is 2.37. The van der Waals surface area contributed by atoms with Crippen LogP contribution in [0.3, 0.4) is 0 Å². The third-order valence-corrected chi connectivity index (χ3v) is 5.12. The van der Waals surface area contributed by atoms with Crippen molar-refractivity contribution >= 4 is 16.0 Å². The lowest BCUT2D eigenvalue weighted by Crippen LogP contribution is -2.46. The van der Waals surface area contributed by atoms with Gasteiger partial charge in [-0.2, -0.15) is 4.31 Å². The summed E-state index contributed by atoms with van der Waals surface area (Å²) in [6, 6.07) is 5.11. The predicted octanol–water partition coefficient (Wildman–Crippen LogP) is 1.18. The summed E-state index contributed by atoms with van der Waals surface area (Å²) in [4.78, 5) is 15.4. The van der Waals surface area contributed by atoms with E-state index in [4.69, 9.17) is 0 Å². The van der Waals surface area contributed by atoms with Gasteiger partial charge >= 0.3 is 5.97 Å². The van der Waals surface area contributed by atoms with Gasteiger partial charge in [-0.3, -0.25) is 9.78 Å². The lowest BCUT2D eigenvalue weighted by atomic mass is 10.0. The molecule has 0 aliphatic rings. The standard InChI is InChI=1S/C13H20N2O4S/c1-13(2,9-12(16)19-4)15(3)20(17,18)10-11-7-5-6-8-14-11/h5-8H,9-10H2,1-4H3. The van der Waals surface area contributed by atoms with Crippen LogP contribution in [-0.2, 0) is 25.3 Å². The second kappa shape index (κ2) is 6.32. The van der Waals surface area contributed by atoms with Crippen molar-refractivity contribution in [3.63, 3.8) is 0 Å². The van der Waals surface area contributed by atoms with Gasteiger partial charge in [-0.05, 0) is 26.0 Å². The number of carbonyl (C=O) groups excluding carboxylic acids is 1. The number of hydrogen-bond donors (Lipinski definition) is 0. The normalized spacial score (nSPS) is 12.4. The van der Waals surface area contributed by atoms with Gasteiger partial charge in [-0.25, -0.2) is 8.42 Å². The molecular formula is C13H20N2O4S. The number of nitrogens with zero attached hydrogens (tertiary/aromatic N) is 2. The minimum Gasteiger partial charge on any atom is -0.469 e. The van der Waals surface area contributed by atoms with Crippen molar-refractivity contribution in [2.45, 2.75) is 31.6 Å². The van der Waals surface area contributed by atoms with Gasteiger partial charge < -0.3 is 4.74 Å². The molecule has 0 aromatic carbocycles. The van der Waals surface area contributed by atoms with Crippen LogP contribution in [0.2, 0.25) is 0 Å². The van der Waals surface area contributed by atoms with E-state index in [1.54, 1.807) is 38.2 Å². The smallest absolute Gasteiger partial charge is 0.307 e. The number of hydrogen-bond acceptors (Lipinski definition) is 5. The molecular weight excluding hydrogens is 280 g/mol. The SMILES string of the molecule is COC(=O)CC(C)(C)N(C)S(=O)(=O)Cc1ccccn1. The maximum atomic E-state index is 12.4. The molecule has 1 heterocycles. The van der Waals surface area contributed by atoms with Crippen LogP contribution >= 0.6 is 0 Å². The summed E-state index contributed by atoms with van der Waals surface area (Å²) in [5, 5.41) is 0. The Balaban J connectivity index is 2.88. The van der Waals surface area contributed by atoms with Crippen molar-refractivity contribution in [2.75, 3.05) is 14.2 Å². The summed E-state index contributed by atoms with van der Waals surface area (Å²) < 4.78 is 30.5. The van der Waals surface area contributed by atoms with E-state index in [2.05, 4.69) is 9.72 Å². The van der Waals surface area contributed by atoms with Gasteiger partial charge in [0.1, 0.15) is 5.75 Å². The zero-order chi connectivity index (χ0) is 15.4. The molecule has 6 nitrogen and oxygen atoms in total. The van der Waals surface area contributed by atoms with Gasteiger partial charge in [0, 0.05) is 18.8 Å². The molecule has 112 valence electrons.